The molecule has 0 radical (unpaired) electrons. The van der Waals surface area contributed by atoms with Gasteiger partial charge in [0.2, 0.25) is 5.89 Å². The van der Waals surface area contributed by atoms with Gasteiger partial charge < -0.3 is 9.15 Å². The summed E-state index contributed by atoms with van der Waals surface area (Å²) in [6.45, 7) is 24.2. The first kappa shape index (κ1) is 44.8. The molecule has 0 aliphatic carbocycles. The molecule has 0 aliphatic rings. The molecular weight excluding hydrogens is 819 g/mol. The smallest absolute Gasteiger partial charge is 0.227 e. The Morgan fingerprint density at radius 2 is 0.985 bits per heavy atom. The fourth-order valence-electron chi connectivity index (χ4n) is 9.10. The van der Waals surface area contributed by atoms with Crippen LogP contribution in [-0.2, 0) is 0 Å². The van der Waals surface area contributed by atoms with Gasteiger partial charge in [-0.1, -0.05) is 177 Å². The van der Waals surface area contributed by atoms with Crippen molar-refractivity contribution in [2.45, 2.75) is 86.0 Å². The first-order valence-electron chi connectivity index (χ1n) is 23.6. The van der Waals surface area contributed by atoms with Crippen molar-refractivity contribution in [3.8, 4) is 73.2 Å². The van der Waals surface area contributed by atoms with E-state index in [0.29, 0.717) is 35.3 Å². The summed E-state index contributed by atoms with van der Waals surface area (Å²) >= 11 is 0. The van der Waals surface area contributed by atoms with Crippen LogP contribution in [-0.4, -0.2) is 15.0 Å². The van der Waals surface area contributed by atoms with E-state index in [-0.39, 0.29) is 0 Å². The number of ether oxygens (including phenoxy) is 1. The van der Waals surface area contributed by atoms with Crippen LogP contribution in [0.2, 0.25) is 0 Å². The van der Waals surface area contributed by atoms with Crippen molar-refractivity contribution in [2.24, 2.45) is 0 Å². The van der Waals surface area contributed by atoms with Gasteiger partial charge in [0.15, 0.2) is 5.58 Å². The summed E-state index contributed by atoms with van der Waals surface area (Å²) in [5, 5.41) is 0. The monoisotopic (exact) mass is 877 g/mol. The highest BCUT2D eigenvalue weighted by atomic mass is 16.5. The molecule has 6 aromatic carbocycles. The van der Waals surface area contributed by atoms with E-state index in [1.807, 2.05) is 24.4 Å². The summed E-state index contributed by atoms with van der Waals surface area (Å²) < 4.78 is 13.1. The van der Waals surface area contributed by atoms with E-state index in [4.69, 9.17) is 19.1 Å². The number of fused-ring (bicyclic) bond motifs is 1. The molecule has 0 atom stereocenters. The molecule has 5 heteroatoms. The van der Waals surface area contributed by atoms with Gasteiger partial charge in [-0.25, -0.2) is 9.97 Å². The van der Waals surface area contributed by atoms with Crippen molar-refractivity contribution in [1.29, 1.82) is 0 Å². The lowest BCUT2D eigenvalue weighted by atomic mass is 9.91. The molecule has 3 aromatic heterocycles. The van der Waals surface area contributed by atoms with Crippen LogP contribution in [0.3, 0.4) is 0 Å². The summed E-state index contributed by atoms with van der Waals surface area (Å²) in [6.07, 6.45) is 1.81. The Morgan fingerprint density at radius 3 is 1.55 bits per heavy atom. The SMILES string of the molecule is C=C(Oc1c(C(C)C)ccc(C(C)C)c1C)c1ccc(-c2ccc(-c3nc(-c4ccccn4)ccc3-c3ccc(-c4ccc(-c5nc6c(C(C)C)ccc(C(C)C)c6o5)cc4)cc3)cc2)cc1. The third kappa shape index (κ3) is 9.11. The van der Waals surface area contributed by atoms with Crippen molar-refractivity contribution in [3.05, 3.63) is 198 Å². The second-order valence-corrected chi connectivity index (χ2v) is 18.9. The van der Waals surface area contributed by atoms with E-state index in [0.717, 1.165) is 84.0 Å². The average molecular weight is 878 g/mol. The van der Waals surface area contributed by atoms with Crippen LogP contribution in [0.5, 0.6) is 5.75 Å². The van der Waals surface area contributed by atoms with Gasteiger partial charge in [-0.2, -0.15) is 0 Å². The molecule has 0 bridgehead atoms. The Kier molecular flexibility index (Phi) is 12.6. The zero-order chi connectivity index (χ0) is 46.9. The maximum atomic E-state index is 6.58. The molecule has 0 amide bonds. The molecule has 5 nitrogen and oxygen atoms in total. The number of nitrogens with zero attached hydrogens (tertiary/aromatic N) is 3. The molecule has 9 rings (SSSR count). The largest absolute Gasteiger partial charge is 0.457 e. The number of oxazole rings is 1. The van der Waals surface area contributed by atoms with Gasteiger partial charge in [-0.05, 0) is 123 Å². The first-order chi connectivity index (χ1) is 32.3. The second kappa shape index (κ2) is 18.9. The van der Waals surface area contributed by atoms with Gasteiger partial charge in [0.25, 0.3) is 0 Å². The molecule has 3 heterocycles. The molecular formula is C62H59N3O2. The third-order valence-electron chi connectivity index (χ3n) is 13.0. The topological polar surface area (TPSA) is 61.0 Å². The Balaban J connectivity index is 0.970. The summed E-state index contributed by atoms with van der Waals surface area (Å²) in [4.78, 5) is 14.9. The zero-order valence-corrected chi connectivity index (χ0v) is 40.2. The van der Waals surface area contributed by atoms with Crippen LogP contribution >= 0.6 is 0 Å². The predicted molar refractivity (Wildman–Crippen MR) is 279 cm³/mol. The number of hydrogen-bond acceptors (Lipinski definition) is 5. The van der Waals surface area contributed by atoms with E-state index in [1.165, 1.54) is 27.8 Å². The van der Waals surface area contributed by atoms with Crippen LogP contribution < -0.4 is 4.74 Å². The Morgan fingerprint density at radius 1 is 0.478 bits per heavy atom. The van der Waals surface area contributed by atoms with Crippen molar-refractivity contribution in [1.82, 2.24) is 15.0 Å². The van der Waals surface area contributed by atoms with E-state index in [1.54, 1.807) is 0 Å². The lowest BCUT2D eigenvalue weighted by Gasteiger charge is -2.21. The van der Waals surface area contributed by atoms with Crippen molar-refractivity contribution in [2.75, 3.05) is 0 Å². The molecule has 67 heavy (non-hydrogen) atoms. The second-order valence-electron chi connectivity index (χ2n) is 18.9. The zero-order valence-electron chi connectivity index (χ0n) is 40.2. The summed E-state index contributed by atoms with van der Waals surface area (Å²) in [6, 6.07) is 53.4. The van der Waals surface area contributed by atoms with Crippen molar-refractivity contribution < 1.29 is 9.15 Å². The third-order valence-corrected chi connectivity index (χ3v) is 13.0. The lowest BCUT2D eigenvalue weighted by Crippen LogP contribution is -2.04. The van der Waals surface area contributed by atoms with Gasteiger partial charge in [-0.3, -0.25) is 4.98 Å². The van der Waals surface area contributed by atoms with Crippen LogP contribution in [0.4, 0.5) is 0 Å². The van der Waals surface area contributed by atoms with Gasteiger partial charge >= 0.3 is 0 Å². The van der Waals surface area contributed by atoms with E-state index >= 15 is 0 Å². The Hall–Kier alpha value is -7.37. The standard InChI is InChI=1S/C62H59N3O2/c1-37(2)51-30-32-53(39(5)6)60(41(51)9)66-42(10)43-14-16-44(17-15-43)46-20-26-49(27-21-46)58-55(34-35-57(64-58)56-13-11-12-36-63-56)48-24-18-45(19-25-48)47-22-28-50(29-23-47)62-65-59-52(38(3)4)31-33-54(40(7)8)61(59)67-62/h11-40H,10H2,1-9H3. The maximum Gasteiger partial charge on any atom is 0.227 e. The lowest BCUT2D eigenvalue weighted by molar-refractivity contribution is 0.499. The van der Waals surface area contributed by atoms with Crippen LogP contribution in [0, 0.1) is 6.92 Å². The molecule has 0 aliphatic heterocycles. The molecule has 9 aromatic rings. The number of rotatable bonds is 13. The summed E-state index contributed by atoms with van der Waals surface area (Å²) in [7, 11) is 0. The fourth-order valence-corrected chi connectivity index (χ4v) is 9.10. The predicted octanol–water partition coefficient (Wildman–Crippen LogP) is 17.5. The normalized spacial score (nSPS) is 11.7. The van der Waals surface area contributed by atoms with Crippen LogP contribution in [0.1, 0.15) is 112 Å². The van der Waals surface area contributed by atoms with Gasteiger partial charge in [0.1, 0.15) is 17.0 Å². The number of pyridine rings is 2. The molecule has 0 fully saturated rings. The highest BCUT2D eigenvalue weighted by Crippen LogP contribution is 2.40. The average Bonchev–Trinajstić information content (AvgIpc) is 3.80. The molecule has 0 saturated heterocycles. The van der Waals surface area contributed by atoms with Gasteiger partial charge in [0.05, 0.1) is 17.1 Å². The Bertz CT molecular complexity index is 3150. The van der Waals surface area contributed by atoms with E-state index in [2.05, 4.69) is 207 Å². The number of hydrogen-bond donors (Lipinski definition) is 0. The fraction of sp³-hybridized carbons (Fsp3) is 0.210. The van der Waals surface area contributed by atoms with Crippen molar-refractivity contribution >= 4 is 16.9 Å². The van der Waals surface area contributed by atoms with Crippen LogP contribution in [0.15, 0.2) is 169 Å². The molecule has 334 valence electrons. The van der Waals surface area contributed by atoms with E-state index in [9.17, 15) is 0 Å². The minimum absolute atomic E-state index is 0.332. The number of aromatic nitrogens is 3. The number of benzene rings is 6. The molecule has 0 N–H and O–H groups in total. The molecule has 0 unspecified atom stereocenters. The van der Waals surface area contributed by atoms with Gasteiger partial charge in [-0.15, -0.1) is 0 Å². The quantitative estimate of drug-likeness (QED) is 0.108. The van der Waals surface area contributed by atoms with E-state index < -0.39 is 0 Å². The van der Waals surface area contributed by atoms with Crippen molar-refractivity contribution in [3.63, 3.8) is 0 Å². The minimum Gasteiger partial charge on any atom is -0.457 e. The van der Waals surface area contributed by atoms with Gasteiger partial charge in [0, 0.05) is 28.5 Å². The highest BCUT2D eigenvalue weighted by molar-refractivity contribution is 5.86. The summed E-state index contributed by atoms with van der Waals surface area (Å²) in [5.74, 6) is 3.64. The maximum absolute atomic E-state index is 6.58. The first-order valence-corrected chi connectivity index (χ1v) is 23.6. The summed E-state index contributed by atoms with van der Waals surface area (Å²) in [5.41, 5.74) is 20.0. The highest BCUT2D eigenvalue weighted by Gasteiger charge is 2.20. The molecule has 0 saturated carbocycles. The molecule has 0 spiro atoms. The minimum atomic E-state index is 0.332. The Labute approximate surface area is 396 Å². The van der Waals surface area contributed by atoms with Crippen LogP contribution in [0.25, 0.3) is 84.3 Å².